The Morgan fingerprint density at radius 1 is 1.57 bits per heavy atom. The molecule has 0 aromatic heterocycles. The molecule has 0 aliphatic heterocycles. The molecule has 0 N–H and O–H groups in total. The number of hydrogen-bond acceptors (Lipinski definition) is 1. The van der Waals surface area contributed by atoms with E-state index in [9.17, 15) is 13.6 Å². The predicted molar refractivity (Wildman–Crippen MR) is 50.1 cm³/mol. The van der Waals surface area contributed by atoms with Crippen molar-refractivity contribution in [3.63, 3.8) is 0 Å². The molecule has 0 heterocycles. The van der Waals surface area contributed by atoms with Crippen molar-refractivity contribution in [2.24, 2.45) is 11.8 Å². The fourth-order valence-corrected chi connectivity index (χ4v) is 1.58. The van der Waals surface area contributed by atoms with Crippen LogP contribution in [0.25, 0.3) is 0 Å². The van der Waals surface area contributed by atoms with E-state index in [0.29, 0.717) is 6.54 Å². The van der Waals surface area contributed by atoms with E-state index < -0.39 is 23.7 Å². The van der Waals surface area contributed by atoms with E-state index in [1.807, 2.05) is 0 Å². The zero-order valence-corrected chi connectivity index (χ0v) is 8.68. The summed E-state index contributed by atoms with van der Waals surface area (Å²) in [6.07, 6.45) is 0. The summed E-state index contributed by atoms with van der Waals surface area (Å²) in [5.74, 6) is -5.22. The Morgan fingerprint density at radius 2 is 2.00 bits per heavy atom. The van der Waals surface area contributed by atoms with Crippen molar-refractivity contribution in [3.05, 3.63) is 12.2 Å². The second-order valence-electron chi connectivity index (χ2n) is 4.09. The summed E-state index contributed by atoms with van der Waals surface area (Å²) in [6, 6.07) is 0. The molecular weight excluding hydrogens is 188 g/mol. The number of likely N-dealkylation sites (N-methyl/N-ethyl adjacent to an activating group) is 1. The molecule has 1 saturated carbocycles. The van der Waals surface area contributed by atoms with E-state index in [2.05, 4.69) is 6.58 Å². The molecule has 0 aromatic carbocycles. The number of carbonyl (C=O) groups is 1. The van der Waals surface area contributed by atoms with Gasteiger partial charge in [0.25, 0.3) is 5.92 Å². The average molecular weight is 203 g/mol. The monoisotopic (exact) mass is 203 g/mol. The third kappa shape index (κ3) is 1.79. The van der Waals surface area contributed by atoms with Crippen molar-refractivity contribution in [3.8, 4) is 0 Å². The second-order valence-corrected chi connectivity index (χ2v) is 4.09. The number of hydrogen-bond donors (Lipinski definition) is 0. The lowest BCUT2D eigenvalue weighted by molar-refractivity contribution is -0.133. The largest absolute Gasteiger partial charge is 0.341 e. The molecule has 2 unspecified atom stereocenters. The van der Waals surface area contributed by atoms with Gasteiger partial charge >= 0.3 is 0 Å². The number of alkyl halides is 2. The minimum atomic E-state index is -2.81. The molecule has 2 nitrogen and oxygen atoms in total. The zero-order chi connectivity index (χ0) is 11.1. The fraction of sp³-hybridized carbons (Fsp3) is 0.700. The Hall–Kier alpha value is -0.930. The van der Waals surface area contributed by atoms with Gasteiger partial charge < -0.3 is 4.90 Å². The van der Waals surface area contributed by atoms with Gasteiger partial charge in [0.15, 0.2) is 0 Å². The van der Waals surface area contributed by atoms with Crippen molar-refractivity contribution >= 4 is 5.91 Å². The van der Waals surface area contributed by atoms with Gasteiger partial charge in [0.1, 0.15) is 5.92 Å². The molecule has 14 heavy (non-hydrogen) atoms. The number of amides is 1. The Kier molecular flexibility index (Phi) is 2.65. The van der Waals surface area contributed by atoms with Gasteiger partial charge in [-0.05, 0) is 6.92 Å². The molecule has 0 bridgehead atoms. The van der Waals surface area contributed by atoms with Crippen LogP contribution in [0.1, 0.15) is 13.8 Å². The first kappa shape index (κ1) is 11.1. The Balaban J connectivity index is 2.56. The van der Waals surface area contributed by atoms with Gasteiger partial charge in [-0.2, -0.15) is 0 Å². The standard InChI is InChI=1S/C10H15F2NO/c1-6(2)5-13(4)9(14)8-7(3)10(8,11)12/h7-8H,1,5H2,2-4H3. The van der Waals surface area contributed by atoms with E-state index in [4.69, 9.17) is 0 Å². The highest BCUT2D eigenvalue weighted by Crippen LogP contribution is 2.55. The summed E-state index contributed by atoms with van der Waals surface area (Å²) in [7, 11) is 1.53. The first-order valence-corrected chi connectivity index (χ1v) is 4.55. The summed E-state index contributed by atoms with van der Waals surface area (Å²) in [4.78, 5) is 12.8. The Bertz CT molecular complexity index is 275. The molecule has 1 aliphatic rings. The summed E-state index contributed by atoms with van der Waals surface area (Å²) in [5.41, 5.74) is 0.789. The highest BCUT2D eigenvalue weighted by Gasteiger charge is 2.69. The van der Waals surface area contributed by atoms with Crippen LogP contribution in [0.15, 0.2) is 12.2 Å². The SMILES string of the molecule is C=C(C)CN(C)C(=O)C1C(C)C1(F)F. The summed E-state index contributed by atoms with van der Waals surface area (Å²) >= 11 is 0. The van der Waals surface area contributed by atoms with Crippen LogP contribution in [0.2, 0.25) is 0 Å². The quantitative estimate of drug-likeness (QED) is 0.642. The van der Waals surface area contributed by atoms with Crippen LogP contribution in [-0.2, 0) is 4.79 Å². The van der Waals surface area contributed by atoms with Crippen LogP contribution < -0.4 is 0 Å². The lowest BCUT2D eigenvalue weighted by atomic mass is 10.2. The zero-order valence-electron chi connectivity index (χ0n) is 8.68. The van der Waals surface area contributed by atoms with E-state index in [1.165, 1.54) is 18.9 Å². The van der Waals surface area contributed by atoms with Crippen LogP contribution in [0.5, 0.6) is 0 Å². The minimum Gasteiger partial charge on any atom is -0.341 e. The smallest absolute Gasteiger partial charge is 0.263 e. The third-order valence-electron chi connectivity index (χ3n) is 2.56. The van der Waals surface area contributed by atoms with Crippen LogP contribution in [0.3, 0.4) is 0 Å². The van der Waals surface area contributed by atoms with Gasteiger partial charge in [0.2, 0.25) is 5.91 Å². The van der Waals surface area contributed by atoms with Crippen LogP contribution in [-0.4, -0.2) is 30.3 Å². The third-order valence-corrected chi connectivity index (χ3v) is 2.56. The molecule has 80 valence electrons. The van der Waals surface area contributed by atoms with Crippen LogP contribution >= 0.6 is 0 Å². The van der Waals surface area contributed by atoms with Crippen molar-refractivity contribution in [1.29, 1.82) is 0 Å². The first-order valence-electron chi connectivity index (χ1n) is 4.55. The Labute approximate surface area is 82.6 Å². The molecule has 1 amide bonds. The average Bonchev–Trinajstić information content (AvgIpc) is 2.49. The van der Waals surface area contributed by atoms with Gasteiger partial charge in [-0.15, -0.1) is 0 Å². The van der Waals surface area contributed by atoms with Crippen molar-refractivity contribution in [2.45, 2.75) is 19.8 Å². The minimum absolute atomic E-state index is 0.345. The summed E-state index contributed by atoms with van der Waals surface area (Å²) < 4.78 is 25.7. The van der Waals surface area contributed by atoms with Gasteiger partial charge in [-0.3, -0.25) is 4.79 Å². The van der Waals surface area contributed by atoms with Crippen LogP contribution in [0.4, 0.5) is 8.78 Å². The second kappa shape index (κ2) is 3.33. The first-order chi connectivity index (χ1) is 6.28. The van der Waals surface area contributed by atoms with E-state index in [1.54, 1.807) is 6.92 Å². The van der Waals surface area contributed by atoms with Gasteiger partial charge in [-0.25, -0.2) is 8.78 Å². The highest BCUT2D eigenvalue weighted by molar-refractivity contribution is 5.83. The van der Waals surface area contributed by atoms with Gasteiger partial charge in [-0.1, -0.05) is 19.1 Å². The molecular formula is C10H15F2NO. The van der Waals surface area contributed by atoms with Crippen molar-refractivity contribution in [2.75, 3.05) is 13.6 Å². The highest BCUT2D eigenvalue weighted by atomic mass is 19.3. The maximum atomic E-state index is 12.9. The molecule has 0 saturated heterocycles. The topological polar surface area (TPSA) is 20.3 Å². The molecule has 1 fully saturated rings. The molecule has 4 heteroatoms. The number of nitrogens with zero attached hydrogens (tertiary/aromatic N) is 1. The van der Waals surface area contributed by atoms with Gasteiger partial charge in [0, 0.05) is 19.5 Å². The molecule has 0 aromatic rings. The Morgan fingerprint density at radius 3 is 2.29 bits per heavy atom. The number of carbonyl (C=O) groups excluding carboxylic acids is 1. The summed E-state index contributed by atoms with van der Waals surface area (Å²) in [6.45, 7) is 7.14. The fourth-order valence-electron chi connectivity index (χ4n) is 1.58. The van der Waals surface area contributed by atoms with Crippen molar-refractivity contribution in [1.82, 2.24) is 4.90 Å². The predicted octanol–water partition coefficient (Wildman–Crippen LogP) is 1.92. The molecule has 1 aliphatic carbocycles. The molecule has 1 rings (SSSR count). The molecule has 0 radical (unpaired) electrons. The van der Waals surface area contributed by atoms with Gasteiger partial charge in [0.05, 0.1) is 0 Å². The summed E-state index contributed by atoms with van der Waals surface area (Å²) in [5, 5.41) is 0. The maximum Gasteiger partial charge on any atom is 0.263 e. The number of halogens is 2. The lowest BCUT2D eigenvalue weighted by Gasteiger charge is -2.16. The maximum absolute atomic E-state index is 12.9. The van der Waals surface area contributed by atoms with Crippen molar-refractivity contribution < 1.29 is 13.6 Å². The number of rotatable bonds is 3. The normalized spacial score (nSPS) is 28.4. The van der Waals surface area contributed by atoms with Crippen LogP contribution in [0, 0.1) is 11.8 Å². The van der Waals surface area contributed by atoms with E-state index in [-0.39, 0.29) is 0 Å². The molecule has 2 atom stereocenters. The lowest BCUT2D eigenvalue weighted by Crippen LogP contribution is -2.31. The van der Waals surface area contributed by atoms with E-state index in [0.717, 1.165) is 5.57 Å². The van der Waals surface area contributed by atoms with E-state index >= 15 is 0 Å². The molecule has 0 spiro atoms.